The maximum Gasteiger partial charge on any atom is 0.328 e. The second-order valence-electron chi connectivity index (χ2n) is 4.31. The van der Waals surface area contributed by atoms with Crippen molar-refractivity contribution in [3.05, 3.63) is 39.9 Å². The van der Waals surface area contributed by atoms with E-state index in [1.165, 1.54) is 20.1 Å². The number of esters is 1. The first-order valence-corrected chi connectivity index (χ1v) is 5.96. The minimum Gasteiger partial charge on any atom is -0.467 e. The number of nitrogens with zero attached hydrogens (tertiary/aromatic N) is 1. The Morgan fingerprint density at radius 2 is 1.95 bits per heavy atom. The van der Waals surface area contributed by atoms with E-state index in [0.29, 0.717) is 5.56 Å². The topological polar surface area (TPSA) is 98.5 Å². The van der Waals surface area contributed by atoms with Crippen LogP contribution in [0, 0.1) is 10.1 Å². The van der Waals surface area contributed by atoms with E-state index in [-0.39, 0.29) is 5.69 Å². The van der Waals surface area contributed by atoms with Crippen LogP contribution in [-0.2, 0) is 14.3 Å². The summed E-state index contributed by atoms with van der Waals surface area (Å²) < 4.78 is 4.63. The summed E-state index contributed by atoms with van der Waals surface area (Å²) in [6.45, 7) is 2.89. The third-order valence-electron chi connectivity index (χ3n) is 2.94. The number of para-hydroxylation sites is 1. The van der Waals surface area contributed by atoms with Gasteiger partial charge < -0.3 is 10.1 Å². The van der Waals surface area contributed by atoms with E-state index in [2.05, 4.69) is 10.1 Å². The Morgan fingerprint density at radius 3 is 2.45 bits per heavy atom. The Balaban J connectivity index is 3.18. The van der Waals surface area contributed by atoms with Crippen LogP contribution in [-0.4, -0.2) is 30.0 Å². The second-order valence-corrected chi connectivity index (χ2v) is 4.31. The quantitative estimate of drug-likeness (QED) is 0.499. The van der Waals surface area contributed by atoms with Gasteiger partial charge in [-0.3, -0.25) is 14.9 Å². The minimum absolute atomic E-state index is 0.0979. The lowest BCUT2D eigenvalue weighted by atomic mass is 9.92. The summed E-state index contributed by atoms with van der Waals surface area (Å²) in [6, 6.07) is 5.12. The lowest BCUT2D eigenvalue weighted by Gasteiger charge is -2.22. The van der Waals surface area contributed by atoms with E-state index in [0.717, 1.165) is 0 Å². The average molecular weight is 280 g/mol. The number of nitro benzene ring substituents is 1. The molecular weight excluding hydrogens is 264 g/mol. The number of hydrogen-bond acceptors (Lipinski definition) is 5. The van der Waals surface area contributed by atoms with Gasteiger partial charge in [-0.2, -0.15) is 0 Å². The Morgan fingerprint density at radius 1 is 1.35 bits per heavy atom. The van der Waals surface area contributed by atoms with Gasteiger partial charge in [-0.1, -0.05) is 25.1 Å². The molecule has 1 aromatic carbocycles. The molecule has 7 nitrogen and oxygen atoms in total. The molecule has 1 amide bonds. The highest BCUT2D eigenvalue weighted by molar-refractivity contribution is 5.84. The van der Waals surface area contributed by atoms with Gasteiger partial charge in [-0.05, 0) is 0 Å². The Kier molecular flexibility index (Phi) is 5.19. The number of methoxy groups -OCH3 is 1. The van der Waals surface area contributed by atoms with Gasteiger partial charge in [0.15, 0.2) is 0 Å². The van der Waals surface area contributed by atoms with Crippen molar-refractivity contribution in [1.82, 2.24) is 5.32 Å². The molecule has 0 unspecified atom stereocenters. The summed E-state index contributed by atoms with van der Waals surface area (Å²) in [4.78, 5) is 33.4. The molecule has 2 atom stereocenters. The van der Waals surface area contributed by atoms with Gasteiger partial charge in [-0.25, -0.2) is 4.79 Å². The molecule has 0 aliphatic rings. The number of nitro groups is 1. The first-order valence-electron chi connectivity index (χ1n) is 5.96. The van der Waals surface area contributed by atoms with E-state index in [1.54, 1.807) is 25.1 Å². The number of hydrogen-bond donors (Lipinski definition) is 1. The fourth-order valence-electron chi connectivity index (χ4n) is 1.95. The SMILES string of the molecule is COC(=O)[C@@H](NC(C)=O)[C@@H](C)c1ccccc1[N+](=O)[O-]. The predicted molar refractivity (Wildman–Crippen MR) is 71.1 cm³/mol. The Hall–Kier alpha value is -2.44. The van der Waals surface area contributed by atoms with E-state index in [1.807, 2.05) is 0 Å². The minimum atomic E-state index is -0.974. The molecule has 0 radical (unpaired) electrons. The maximum absolute atomic E-state index is 11.7. The molecule has 20 heavy (non-hydrogen) atoms. The van der Waals surface area contributed by atoms with Gasteiger partial charge >= 0.3 is 5.97 Å². The number of amides is 1. The van der Waals surface area contributed by atoms with Crippen LogP contribution in [0.2, 0.25) is 0 Å². The third kappa shape index (κ3) is 3.53. The zero-order chi connectivity index (χ0) is 15.3. The van der Waals surface area contributed by atoms with Crippen molar-refractivity contribution in [2.75, 3.05) is 7.11 Å². The van der Waals surface area contributed by atoms with Crippen molar-refractivity contribution < 1.29 is 19.2 Å². The van der Waals surface area contributed by atoms with Crippen LogP contribution in [0.15, 0.2) is 24.3 Å². The summed E-state index contributed by atoms with van der Waals surface area (Å²) in [5, 5.41) is 13.5. The number of rotatable bonds is 5. The molecule has 7 heteroatoms. The summed E-state index contributed by atoms with van der Waals surface area (Å²) >= 11 is 0. The molecule has 0 aliphatic carbocycles. The van der Waals surface area contributed by atoms with Crippen LogP contribution in [0.4, 0.5) is 5.69 Å². The van der Waals surface area contributed by atoms with Gasteiger partial charge in [0, 0.05) is 24.5 Å². The molecule has 0 aromatic heterocycles. The summed E-state index contributed by atoms with van der Waals surface area (Å²) in [7, 11) is 1.20. The van der Waals surface area contributed by atoms with E-state index >= 15 is 0 Å². The van der Waals surface area contributed by atoms with Crippen LogP contribution in [0.5, 0.6) is 0 Å². The molecule has 0 aliphatic heterocycles. The van der Waals surface area contributed by atoms with Gasteiger partial charge in [0.05, 0.1) is 12.0 Å². The Labute approximate surface area is 116 Å². The first-order chi connectivity index (χ1) is 9.38. The molecule has 0 spiro atoms. The van der Waals surface area contributed by atoms with Crippen LogP contribution in [0.25, 0.3) is 0 Å². The van der Waals surface area contributed by atoms with Gasteiger partial charge in [0.25, 0.3) is 5.69 Å². The van der Waals surface area contributed by atoms with Crippen molar-refractivity contribution in [2.45, 2.75) is 25.8 Å². The number of nitrogens with one attached hydrogen (secondary N) is 1. The fourth-order valence-corrected chi connectivity index (χ4v) is 1.95. The molecule has 0 bridgehead atoms. The van der Waals surface area contributed by atoms with Crippen molar-refractivity contribution in [3.63, 3.8) is 0 Å². The van der Waals surface area contributed by atoms with Gasteiger partial charge in [0.1, 0.15) is 6.04 Å². The highest BCUT2D eigenvalue weighted by Gasteiger charge is 2.31. The van der Waals surface area contributed by atoms with Crippen LogP contribution < -0.4 is 5.32 Å². The first kappa shape index (κ1) is 15.6. The van der Waals surface area contributed by atoms with E-state index in [4.69, 9.17) is 0 Å². The Bertz CT molecular complexity index is 529. The molecule has 108 valence electrons. The van der Waals surface area contributed by atoms with Crippen LogP contribution in [0.3, 0.4) is 0 Å². The molecule has 1 N–H and O–H groups in total. The predicted octanol–water partition coefficient (Wildman–Crippen LogP) is 1.38. The number of carbonyl (C=O) groups excluding carboxylic acids is 2. The number of benzene rings is 1. The van der Waals surface area contributed by atoms with Gasteiger partial charge in [-0.15, -0.1) is 0 Å². The summed E-state index contributed by atoms with van der Waals surface area (Å²) in [5.41, 5.74) is 0.265. The molecule has 0 fully saturated rings. The monoisotopic (exact) mass is 280 g/mol. The molecule has 0 heterocycles. The van der Waals surface area contributed by atoms with Crippen molar-refractivity contribution >= 4 is 17.6 Å². The normalized spacial score (nSPS) is 13.2. The maximum atomic E-state index is 11.7. The van der Waals surface area contributed by atoms with Crippen LogP contribution >= 0.6 is 0 Å². The zero-order valence-corrected chi connectivity index (χ0v) is 11.5. The largest absolute Gasteiger partial charge is 0.467 e. The second kappa shape index (κ2) is 6.65. The van der Waals surface area contributed by atoms with Crippen LogP contribution in [0.1, 0.15) is 25.3 Å². The molecular formula is C13H16N2O5. The molecule has 1 rings (SSSR count). The lowest BCUT2D eigenvalue weighted by molar-refractivity contribution is -0.385. The van der Waals surface area contributed by atoms with E-state index in [9.17, 15) is 19.7 Å². The summed E-state index contributed by atoms with van der Waals surface area (Å²) in [6.07, 6.45) is 0. The van der Waals surface area contributed by atoms with Crippen molar-refractivity contribution in [1.29, 1.82) is 0 Å². The third-order valence-corrected chi connectivity index (χ3v) is 2.94. The molecule has 0 saturated carbocycles. The fraction of sp³-hybridized carbons (Fsp3) is 0.385. The zero-order valence-electron chi connectivity index (χ0n) is 11.5. The average Bonchev–Trinajstić information content (AvgIpc) is 2.42. The lowest BCUT2D eigenvalue weighted by Crippen LogP contribution is -2.44. The smallest absolute Gasteiger partial charge is 0.328 e. The standard InChI is InChI=1S/C13H16N2O5/c1-8(12(13(17)20-3)14-9(2)16)10-6-4-5-7-11(10)15(18)19/h4-8,12H,1-3H3,(H,14,16)/t8-,12-/m0/s1. The summed E-state index contributed by atoms with van der Waals surface area (Å²) in [5.74, 6) is -1.65. The number of carbonyl (C=O) groups is 2. The van der Waals surface area contributed by atoms with E-state index < -0.39 is 28.8 Å². The molecule has 0 saturated heterocycles. The van der Waals surface area contributed by atoms with Gasteiger partial charge in [0.2, 0.25) is 5.91 Å². The molecule has 1 aromatic rings. The van der Waals surface area contributed by atoms with Crippen molar-refractivity contribution in [3.8, 4) is 0 Å². The number of ether oxygens (including phenoxy) is 1. The highest BCUT2D eigenvalue weighted by Crippen LogP contribution is 2.28. The van der Waals surface area contributed by atoms with Crippen molar-refractivity contribution in [2.24, 2.45) is 0 Å². The highest BCUT2D eigenvalue weighted by atomic mass is 16.6.